The summed E-state index contributed by atoms with van der Waals surface area (Å²) in [5.74, 6) is -0.728. The number of cyclic esters (lactones) is 1. The highest BCUT2D eigenvalue weighted by molar-refractivity contribution is 5.95. The van der Waals surface area contributed by atoms with Crippen LogP contribution in [0, 0.1) is 0 Å². The zero-order chi connectivity index (χ0) is 21.7. The summed E-state index contributed by atoms with van der Waals surface area (Å²) in [4.78, 5) is 30.6. The molecular weight excluding hydrogens is 432 g/mol. The quantitative estimate of drug-likeness (QED) is 0.296. The highest BCUT2D eigenvalue weighted by atomic mass is 35.5. The van der Waals surface area contributed by atoms with E-state index < -0.39 is 11.6 Å². The topological polar surface area (TPSA) is 133 Å². The molecule has 32 heavy (non-hydrogen) atoms. The van der Waals surface area contributed by atoms with Gasteiger partial charge in [-0.1, -0.05) is 6.92 Å². The number of nitrogens with zero attached hydrogens (tertiary/aromatic N) is 2. The van der Waals surface area contributed by atoms with Gasteiger partial charge in [-0.15, -0.1) is 12.4 Å². The Morgan fingerprint density at radius 1 is 1.28 bits per heavy atom. The maximum atomic E-state index is 13.4. The molecule has 0 bridgehead atoms. The Morgan fingerprint density at radius 3 is 2.81 bits per heavy atom. The summed E-state index contributed by atoms with van der Waals surface area (Å²) in [6.45, 7) is 1.89. The fraction of sp³-hybridized carbons (Fsp3) is 0.348. The number of carbonyl (C=O) groups is 1. The number of aromatic nitrogens is 2. The fourth-order valence-electron chi connectivity index (χ4n) is 5.42. The molecule has 2 aliphatic heterocycles. The van der Waals surface area contributed by atoms with E-state index in [-0.39, 0.29) is 37.0 Å². The third kappa shape index (κ3) is 2.42. The number of hydrogen-bond donors (Lipinski definition) is 3. The lowest BCUT2D eigenvalue weighted by Gasteiger charge is -2.31. The summed E-state index contributed by atoms with van der Waals surface area (Å²) in [5.41, 5.74) is 17.1. The van der Waals surface area contributed by atoms with Gasteiger partial charge in [0, 0.05) is 28.2 Å². The van der Waals surface area contributed by atoms with Gasteiger partial charge in [-0.25, -0.2) is 9.78 Å². The number of halogens is 1. The van der Waals surface area contributed by atoms with Crippen LogP contribution in [0.25, 0.3) is 22.3 Å². The number of hydrogen-bond acceptors (Lipinski definition) is 7. The van der Waals surface area contributed by atoms with E-state index in [1.807, 2.05) is 12.1 Å². The van der Waals surface area contributed by atoms with Crippen LogP contribution in [0.1, 0.15) is 53.6 Å². The first-order valence-electron chi connectivity index (χ1n) is 10.5. The molecule has 9 heteroatoms. The van der Waals surface area contributed by atoms with Gasteiger partial charge >= 0.3 is 5.97 Å². The number of ether oxygens (including phenoxy) is 1. The van der Waals surface area contributed by atoms with Crippen molar-refractivity contribution in [3.63, 3.8) is 0 Å². The number of carbonyl (C=O) groups excluding carboxylic acids is 1. The van der Waals surface area contributed by atoms with Crippen molar-refractivity contribution in [1.82, 2.24) is 9.55 Å². The molecule has 2 atom stereocenters. The van der Waals surface area contributed by atoms with Crippen molar-refractivity contribution in [2.24, 2.45) is 5.73 Å². The van der Waals surface area contributed by atoms with E-state index in [1.54, 1.807) is 17.6 Å². The molecule has 0 fully saturated rings. The Bertz CT molecular complexity index is 1400. The number of pyridine rings is 2. The zero-order valence-corrected chi connectivity index (χ0v) is 18.3. The Kier molecular flexibility index (Phi) is 4.43. The first kappa shape index (κ1) is 20.9. The monoisotopic (exact) mass is 454 g/mol. The van der Waals surface area contributed by atoms with Crippen molar-refractivity contribution in [2.75, 3.05) is 5.73 Å². The van der Waals surface area contributed by atoms with E-state index in [4.69, 9.17) is 21.2 Å². The van der Waals surface area contributed by atoms with Crippen LogP contribution in [0.5, 0.6) is 0 Å². The molecular formula is C23H23ClN4O4. The number of esters is 1. The van der Waals surface area contributed by atoms with Gasteiger partial charge in [0.05, 0.1) is 29.0 Å². The molecule has 3 aromatic rings. The Balaban J connectivity index is 0.00000216. The van der Waals surface area contributed by atoms with Crippen LogP contribution in [0.3, 0.4) is 0 Å². The molecule has 1 unspecified atom stereocenters. The van der Waals surface area contributed by atoms with E-state index in [0.29, 0.717) is 29.1 Å². The SMILES string of the molecule is CC[C@@]1(O)C(=O)OCc2c1cc1n(c2=O)Cc2c-1nc1ccc(N)c3c1c2C(N)CC3.Cl. The van der Waals surface area contributed by atoms with Crippen molar-refractivity contribution in [3.05, 3.63) is 56.4 Å². The Labute approximate surface area is 189 Å². The molecule has 8 nitrogen and oxygen atoms in total. The second kappa shape index (κ2) is 6.78. The summed E-state index contributed by atoms with van der Waals surface area (Å²) in [6, 6.07) is 5.29. The highest BCUT2D eigenvalue weighted by Crippen LogP contribution is 2.45. The molecule has 0 spiro atoms. The predicted molar refractivity (Wildman–Crippen MR) is 121 cm³/mol. The number of nitrogen functional groups attached to an aromatic ring is 1. The number of aliphatic hydroxyl groups is 1. The molecule has 1 aromatic carbocycles. The smallest absolute Gasteiger partial charge is 0.343 e. The molecule has 0 saturated carbocycles. The van der Waals surface area contributed by atoms with Crippen molar-refractivity contribution >= 4 is 35.0 Å². The molecule has 0 amide bonds. The Hall–Kier alpha value is -2.94. The minimum atomic E-state index is -1.84. The molecule has 1 aliphatic carbocycles. The number of nitrogens with two attached hydrogens (primary N) is 2. The number of anilines is 1. The van der Waals surface area contributed by atoms with Crippen LogP contribution in [-0.4, -0.2) is 20.6 Å². The molecule has 0 radical (unpaired) electrons. The second-order valence-electron chi connectivity index (χ2n) is 8.63. The fourth-order valence-corrected chi connectivity index (χ4v) is 5.42. The van der Waals surface area contributed by atoms with E-state index in [1.165, 1.54) is 0 Å². The summed E-state index contributed by atoms with van der Waals surface area (Å²) in [7, 11) is 0. The van der Waals surface area contributed by atoms with E-state index in [2.05, 4.69) is 0 Å². The molecule has 3 aliphatic rings. The third-order valence-electron chi connectivity index (χ3n) is 7.12. The summed E-state index contributed by atoms with van der Waals surface area (Å²) in [6.07, 6.45) is 1.67. The first-order chi connectivity index (χ1) is 14.8. The van der Waals surface area contributed by atoms with Crippen LogP contribution in [0.4, 0.5) is 5.69 Å². The second-order valence-corrected chi connectivity index (χ2v) is 8.63. The molecule has 0 saturated heterocycles. The van der Waals surface area contributed by atoms with Gasteiger partial charge < -0.3 is 25.9 Å². The van der Waals surface area contributed by atoms with E-state index in [0.717, 1.165) is 46.1 Å². The molecule has 2 aromatic heterocycles. The average molecular weight is 455 g/mol. The van der Waals surface area contributed by atoms with E-state index in [9.17, 15) is 14.7 Å². The normalized spacial score (nSPS) is 22.6. The minimum Gasteiger partial charge on any atom is -0.458 e. The third-order valence-corrected chi connectivity index (χ3v) is 7.12. The maximum absolute atomic E-state index is 13.4. The van der Waals surface area contributed by atoms with Crippen LogP contribution < -0.4 is 17.0 Å². The van der Waals surface area contributed by atoms with Crippen LogP contribution in [-0.2, 0) is 34.7 Å². The van der Waals surface area contributed by atoms with Crippen molar-refractivity contribution in [2.45, 2.75) is 51.0 Å². The lowest BCUT2D eigenvalue weighted by atomic mass is 9.83. The lowest BCUT2D eigenvalue weighted by molar-refractivity contribution is -0.172. The first-order valence-corrected chi connectivity index (χ1v) is 10.5. The summed E-state index contributed by atoms with van der Waals surface area (Å²) in [5, 5.41) is 12.0. The van der Waals surface area contributed by atoms with E-state index >= 15 is 0 Å². The Morgan fingerprint density at radius 2 is 2.06 bits per heavy atom. The van der Waals surface area contributed by atoms with Crippen molar-refractivity contribution in [3.8, 4) is 11.4 Å². The molecule has 6 rings (SSSR count). The van der Waals surface area contributed by atoms with Crippen molar-refractivity contribution < 1.29 is 14.6 Å². The van der Waals surface area contributed by atoms with Gasteiger partial charge in [0.2, 0.25) is 0 Å². The largest absolute Gasteiger partial charge is 0.458 e. The van der Waals surface area contributed by atoms with Crippen LogP contribution in [0.2, 0.25) is 0 Å². The zero-order valence-electron chi connectivity index (χ0n) is 17.5. The summed E-state index contributed by atoms with van der Waals surface area (Å²) >= 11 is 0. The average Bonchev–Trinajstić information content (AvgIpc) is 3.13. The van der Waals surface area contributed by atoms with Gasteiger partial charge in [0.1, 0.15) is 6.61 Å². The van der Waals surface area contributed by atoms with Gasteiger partial charge in [-0.3, -0.25) is 4.79 Å². The number of fused-ring (bicyclic) bond motifs is 5. The van der Waals surface area contributed by atoms with Gasteiger partial charge in [-0.2, -0.15) is 0 Å². The predicted octanol–water partition coefficient (Wildman–Crippen LogP) is 2.03. The number of aryl methyl sites for hydroxylation is 1. The molecule has 166 valence electrons. The highest BCUT2D eigenvalue weighted by Gasteiger charge is 2.45. The summed E-state index contributed by atoms with van der Waals surface area (Å²) < 4.78 is 6.78. The van der Waals surface area contributed by atoms with Crippen molar-refractivity contribution in [1.29, 1.82) is 0 Å². The number of benzene rings is 1. The lowest BCUT2D eigenvalue weighted by Crippen LogP contribution is -2.44. The van der Waals surface area contributed by atoms with Gasteiger partial charge in [0.15, 0.2) is 5.60 Å². The van der Waals surface area contributed by atoms with Gasteiger partial charge in [0.25, 0.3) is 5.56 Å². The van der Waals surface area contributed by atoms with Crippen LogP contribution >= 0.6 is 12.4 Å². The van der Waals surface area contributed by atoms with Crippen LogP contribution in [0.15, 0.2) is 23.0 Å². The minimum absolute atomic E-state index is 0. The maximum Gasteiger partial charge on any atom is 0.343 e. The molecule has 4 heterocycles. The standard InChI is InChI=1S/C23H22N4O4.ClH/c1-2-23(30)13-7-17-20-11(8-27(17)21(28)12(13)9-31-22(23)29)18-15(25)4-3-10-14(24)5-6-16(26-20)19(10)18;/h5-7,15,30H,2-4,8-9,24-25H2,1H3;1H/t15?,23-;/m0./s1. The molecule has 5 N–H and O–H groups in total. The number of rotatable bonds is 1. The van der Waals surface area contributed by atoms with Gasteiger partial charge in [-0.05, 0) is 48.6 Å².